The molecular formula is C12H13F3N4. The number of nitrogens with two attached hydrogens (primary N) is 1. The highest BCUT2D eigenvalue weighted by Crippen LogP contribution is 2.22. The van der Waals surface area contributed by atoms with Crippen LogP contribution in [0.2, 0.25) is 0 Å². The minimum absolute atomic E-state index is 0.135. The third-order valence-corrected chi connectivity index (χ3v) is 2.77. The summed E-state index contributed by atoms with van der Waals surface area (Å²) in [5.74, 6) is -4.03. The summed E-state index contributed by atoms with van der Waals surface area (Å²) in [7, 11) is 0. The molecule has 0 spiro atoms. The van der Waals surface area contributed by atoms with Gasteiger partial charge in [-0.15, -0.1) is 5.10 Å². The van der Waals surface area contributed by atoms with Crippen LogP contribution in [-0.4, -0.2) is 15.0 Å². The van der Waals surface area contributed by atoms with Crippen LogP contribution in [0.25, 0.3) is 0 Å². The Morgan fingerprint density at radius 2 is 1.89 bits per heavy atom. The van der Waals surface area contributed by atoms with Crippen LogP contribution in [0, 0.1) is 17.5 Å². The van der Waals surface area contributed by atoms with E-state index in [0.29, 0.717) is 12.2 Å². The zero-order chi connectivity index (χ0) is 14.0. The van der Waals surface area contributed by atoms with Crippen molar-refractivity contribution in [3.05, 3.63) is 47.0 Å². The molecule has 4 nitrogen and oxygen atoms in total. The predicted octanol–water partition coefficient (Wildman–Crippen LogP) is 2.15. The fourth-order valence-corrected chi connectivity index (χ4v) is 1.82. The van der Waals surface area contributed by atoms with Gasteiger partial charge in [-0.05, 0) is 24.1 Å². The van der Waals surface area contributed by atoms with E-state index in [-0.39, 0.29) is 5.56 Å². The van der Waals surface area contributed by atoms with Crippen molar-refractivity contribution in [3.63, 3.8) is 0 Å². The summed E-state index contributed by atoms with van der Waals surface area (Å²) in [6.07, 6.45) is 2.24. The zero-order valence-corrected chi connectivity index (χ0v) is 10.3. The molecule has 7 heteroatoms. The van der Waals surface area contributed by atoms with E-state index in [1.807, 2.05) is 6.92 Å². The maximum absolute atomic E-state index is 13.2. The average Bonchev–Trinajstić information content (AvgIpc) is 2.83. The maximum atomic E-state index is 13.2. The van der Waals surface area contributed by atoms with E-state index in [0.717, 1.165) is 18.6 Å². The largest absolute Gasteiger partial charge is 0.319 e. The molecule has 0 saturated heterocycles. The molecule has 2 aromatic rings. The summed E-state index contributed by atoms with van der Waals surface area (Å²) >= 11 is 0. The van der Waals surface area contributed by atoms with E-state index in [4.69, 9.17) is 5.73 Å². The minimum atomic E-state index is -1.50. The number of hydrogen-bond acceptors (Lipinski definition) is 3. The van der Waals surface area contributed by atoms with Gasteiger partial charge < -0.3 is 5.73 Å². The lowest BCUT2D eigenvalue weighted by molar-refractivity contribution is 0.443. The van der Waals surface area contributed by atoms with E-state index < -0.39 is 23.5 Å². The molecule has 1 atom stereocenters. The molecule has 2 rings (SSSR count). The van der Waals surface area contributed by atoms with Crippen LogP contribution in [-0.2, 0) is 6.54 Å². The van der Waals surface area contributed by atoms with E-state index in [1.54, 1.807) is 4.68 Å². The molecule has 102 valence electrons. The number of hydrogen-bond donors (Lipinski definition) is 1. The lowest BCUT2D eigenvalue weighted by Gasteiger charge is -2.13. The van der Waals surface area contributed by atoms with Gasteiger partial charge in [0, 0.05) is 6.54 Å². The first-order valence-electron chi connectivity index (χ1n) is 5.83. The molecule has 0 aliphatic rings. The fourth-order valence-electron chi connectivity index (χ4n) is 1.82. The van der Waals surface area contributed by atoms with Gasteiger partial charge in [-0.1, -0.05) is 12.1 Å². The smallest absolute Gasteiger partial charge is 0.194 e. The minimum Gasteiger partial charge on any atom is -0.319 e. The average molecular weight is 270 g/mol. The van der Waals surface area contributed by atoms with Crippen molar-refractivity contribution in [1.82, 2.24) is 15.0 Å². The number of nitrogens with zero attached hydrogens (tertiary/aromatic N) is 3. The van der Waals surface area contributed by atoms with Crippen LogP contribution in [0.15, 0.2) is 18.3 Å². The molecule has 0 amide bonds. The molecule has 2 N–H and O–H groups in total. The summed E-state index contributed by atoms with van der Waals surface area (Å²) < 4.78 is 40.8. The molecule has 1 aromatic heterocycles. The monoisotopic (exact) mass is 270 g/mol. The molecule has 0 fully saturated rings. The van der Waals surface area contributed by atoms with E-state index in [9.17, 15) is 13.2 Å². The highest BCUT2D eigenvalue weighted by Gasteiger charge is 2.19. The molecule has 0 aliphatic carbocycles. The second kappa shape index (κ2) is 5.40. The van der Waals surface area contributed by atoms with Crippen LogP contribution < -0.4 is 5.73 Å². The van der Waals surface area contributed by atoms with E-state index in [2.05, 4.69) is 10.3 Å². The molecule has 1 heterocycles. The number of aromatic nitrogens is 3. The zero-order valence-electron chi connectivity index (χ0n) is 10.3. The third kappa shape index (κ3) is 2.60. The Balaban J connectivity index is 2.38. The van der Waals surface area contributed by atoms with Gasteiger partial charge in [-0.25, -0.2) is 17.9 Å². The van der Waals surface area contributed by atoms with Gasteiger partial charge in [0.2, 0.25) is 0 Å². The summed E-state index contributed by atoms with van der Waals surface area (Å²) in [5, 5.41) is 7.56. The van der Waals surface area contributed by atoms with Crippen LogP contribution in [0.5, 0.6) is 0 Å². The summed E-state index contributed by atoms with van der Waals surface area (Å²) in [6.45, 7) is 2.55. The second-order valence-electron chi connectivity index (χ2n) is 4.16. The first-order chi connectivity index (χ1) is 9.04. The lowest BCUT2D eigenvalue weighted by atomic mass is 10.0. The van der Waals surface area contributed by atoms with Crippen LogP contribution in [0.1, 0.15) is 30.6 Å². The number of aryl methyl sites for hydroxylation is 1. The van der Waals surface area contributed by atoms with Crippen molar-refractivity contribution in [2.24, 2.45) is 5.73 Å². The molecular weight excluding hydrogens is 257 g/mol. The van der Waals surface area contributed by atoms with Gasteiger partial charge in [0.05, 0.1) is 17.9 Å². The Morgan fingerprint density at radius 1 is 1.26 bits per heavy atom. The summed E-state index contributed by atoms with van der Waals surface area (Å²) in [5.41, 5.74) is 6.58. The predicted molar refractivity (Wildman–Crippen MR) is 62.7 cm³/mol. The molecule has 0 aliphatic heterocycles. The normalized spacial score (nSPS) is 12.7. The van der Waals surface area contributed by atoms with Crippen molar-refractivity contribution >= 4 is 0 Å². The SMILES string of the molecule is CCCn1nncc1C(N)c1cc(F)c(F)c(F)c1. The van der Waals surface area contributed by atoms with Crippen LogP contribution >= 0.6 is 0 Å². The Labute approximate surface area is 108 Å². The topological polar surface area (TPSA) is 56.7 Å². The molecule has 1 unspecified atom stereocenters. The Hall–Kier alpha value is -1.89. The number of rotatable bonds is 4. The van der Waals surface area contributed by atoms with Crippen LogP contribution in [0.4, 0.5) is 13.2 Å². The molecule has 0 bridgehead atoms. The van der Waals surface area contributed by atoms with E-state index in [1.165, 1.54) is 6.20 Å². The van der Waals surface area contributed by atoms with Gasteiger partial charge in [0.25, 0.3) is 0 Å². The highest BCUT2D eigenvalue weighted by atomic mass is 19.2. The molecule has 0 radical (unpaired) electrons. The van der Waals surface area contributed by atoms with Crippen molar-refractivity contribution in [1.29, 1.82) is 0 Å². The molecule has 19 heavy (non-hydrogen) atoms. The first kappa shape index (κ1) is 13.5. The maximum Gasteiger partial charge on any atom is 0.194 e. The van der Waals surface area contributed by atoms with Crippen LogP contribution in [0.3, 0.4) is 0 Å². The van der Waals surface area contributed by atoms with Gasteiger partial charge in [0.15, 0.2) is 17.5 Å². The quantitative estimate of drug-likeness (QED) is 0.866. The Kier molecular flexibility index (Phi) is 3.84. The number of halogens is 3. The van der Waals surface area contributed by atoms with Crippen molar-refractivity contribution < 1.29 is 13.2 Å². The van der Waals surface area contributed by atoms with Gasteiger partial charge in [0.1, 0.15) is 0 Å². The Morgan fingerprint density at radius 3 is 2.47 bits per heavy atom. The highest BCUT2D eigenvalue weighted by molar-refractivity contribution is 5.28. The lowest BCUT2D eigenvalue weighted by Crippen LogP contribution is -2.18. The van der Waals surface area contributed by atoms with E-state index >= 15 is 0 Å². The van der Waals surface area contributed by atoms with Gasteiger partial charge in [-0.2, -0.15) is 0 Å². The van der Waals surface area contributed by atoms with Crippen molar-refractivity contribution in [2.75, 3.05) is 0 Å². The standard InChI is InChI=1S/C12H13F3N4/c1-2-3-19-10(6-17-18-19)12(16)7-4-8(13)11(15)9(14)5-7/h4-6,12H,2-3,16H2,1H3. The van der Waals surface area contributed by atoms with Gasteiger partial charge in [-0.3, -0.25) is 0 Å². The fraction of sp³-hybridized carbons (Fsp3) is 0.333. The van der Waals surface area contributed by atoms with Crippen molar-refractivity contribution in [2.45, 2.75) is 25.9 Å². The third-order valence-electron chi connectivity index (χ3n) is 2.77. The number of benzene rings is 1. The summed E-state index contributed by atoms with van der Waals surface area (Å²) in [4.78, 5) is 0. The van der Waals surface area contributed by atoms with Gasteiger partial charge >= 0.3 is 0 Å². The van der Waals surface area contributed by atoms with Crippen molar-refractivity contribution in [3.8, 4) is 0 Å². The molecule has 0 saturated carbocycles. The first-order valence-corrected chi connectivity index (χ1v) is 5.83. The Bertz CT molecular complexity index is 559. The second-order valence-corrected chi connectivity index (χ2v) is 4.16. The molecule has 1 aromatic carbocycles. The summed E-state index contributed by atoms with van der Waals surface area (Å²) in [6, 6.07) is 0.949.